The van der Waals surface area contributed by atoms with E-state index < -0.39 is 0 Å². The quantitative estimate of drug-likeness (QED) is 0.884. The molecule has 0 amide bonds. The molecule has 140 valence electrons. The van der Waals surface area contributed by atoms with Crippen molar-refractivity contribution in [2.24, 2.45) is 10.7 Å². The molecule has 0 aliphatic carbocycles. The van der Waals surface area contributed by atoms with Gasteiger partial charge in [0.05, 0.1) is 26.4 Å². The van der Waals surface area contributed by atoms with Crippen molar-refractivity contribution in [1.82, 2.24) is 4.98 Å². The van der Waals surface area contributed by atoms with Crippen LogP contribution in [0.1, 0.15) is 24.8 Å². The fourth-order valence-electron chi connectivity index (χ4n) is 3.75. The number of nitrogens with two attached hydrogens (primary N) is 1. The Labute approximate surface area is 154 Å². The molecule has 0 aromatic carbocycles. The molecule has 2 saturated heterocycles. The number of rotatable bonds is 3. The fourth-order valence-corrected chi connectivity index (χ4v) is 3.75. The van der Waals surface area contributed by atoms with Gasteiger partial charge in [0.15, 0.2) is 0 Å². The van der Waals surface area contributed by atoms with Crippen LogP contribution in [-0.2, 0) is 9.47 Å². The van der Waals surface area contributed by atoms with Crippen LogP contribution in [0.25, 0.3) is 0 Å². The first-order chi connectivity index (χ1) is 12.7. The van der Waals surface area contributed by atoms with Crippen molar-refractivity contribution in [2.45, 2.75) is 19.3 Å². The summed E-state index contributed by atoms with van der Waals surface area (Å²) in [5.74, 6) is 2.93. The molecule has 26 heavy (non-hydrogen) atoms. The number of aliphatic imine (C=N–C) groups is 1. The summed E-state index contributed by atoms with van der Waals surface area (Å²) in [5, 5.41) is 0. The second kappa shape index (κ2) is 7.63. The van der Waals surface area contributed by atoms with E-state index >= 15 is 0 Å². The molecule has 2 fully saturated rings. The van der Waals surface area contributed by atoms with Gasteiger partial charge < -0.3 is 25.0 Å². The minimum Gasteiger partial charge on any atom is -0.384 e. The van der Waals surface area contributed by atoms with E-state index in [9.17, 15) is 0 Å². The van der Waals surface area contributed by atoms with Crippen molar-refractivity contribution in [3.63, 3.8) is 0 Å². The van der Waals surface area contributed by atoms with Gasteiger partial charge in [0.25, 0.3) is 0 Å². The van der Waals surface area contributed by atoms with E-state index in [-0.39, 0.29) is 5.92 Å². The minimum absolute atomic E-state index is 0.255. The maximum Gasteiger partial charge on any atom is 0.131 e. The molecule has 4 heterocycles. The molecule has 1 aromatic rings. The van der Waals surface area contributed by atoms with Crippen LogP contribution in [0.2, 0.25) is 0 Å². The Bertz CT molecular complexity index is 670. The van der Waals surface area contributed by atoms with Crippen LogP contribution in [0.5, 0.6) is 0 Å². The fraction of sp³-hybridized carbons (Fsp3) is 0.579. The molecule has 0 saturated carbocycles. The summed E-state index contributed by atoms with van der Waals surface area (Å²) in [5.41, 5.74) is 8.20. The van der Waals surface area contributed by atoms with E-state index in [0.717, 1.165) is 76.4 Å². The maximum atomic E-state index is 5.88. The van der Waals surface area contributed by atoms with Gasteiger partial charge in [-0.1, -0.05) is 0 Å². The number of hydrogen-bond donors (Lipinski definition) is 1. The molecule has 0 bridgehead atoms. The summed E-state index contributed by atoms with van der Waals surface area (Å²) < 4.78 is 11.0. The Balaban J connectivity index is 1.69. The lowest BCUT2D eigenvalue weighted by Crippen LogP contribution is -2.39. The predicted octanol–water partition coefficient (Wildman–Crippen LogP) is 1.50. The highest BCUT2D eigenvalue weighted by Crippen LogP contribution is 2.31. The van der Waals surface area contributed by atoms with Crippen LogP contribution in [0.3, 0.4) is 0 Å². The van der Waals surface area contributed by atoms with Gasteiger partial charge in [0.2, 0.25) is 0 Å². The summed E-state index contributed by atoms with van der Waals surface area (Å²) in [6.45, 7) is 8.59. The third kappa shape index (κ3) is 3.68. The van der Waals surface area contributed by atoms with Gasteiger partial charge in [-0.05, 0) is 37.1 Å². The largest absolute Gasteiger partial charge is 0.384 e. The Hall–Kier alpha value is -2.12. The number of anilines is 2. The van der Waals surface area contributed by atoms with Gasteiger partial charge in [-0.25, -0.2) is 9.98 Å². The van der Waals surface area contributed by atoms with Crippen LogP contribution < -0.4 is 15.5 Å². The lowest BCUT2D eigenvalue weighted by atomic mass is 9.90. The lowest BCUT2D eigenvalue weighted by molar-refractivity contribution is 0.121. The summed E-state index contributed by atoms with van der Waals surface area (Å²) in [6, 6.07) is 4.43. The number of ether oxygens (including phenoxy) is 2. The minimum atomic E-state index is 0.255. The smallest absolute Gasteiger partial charge is 0.131 e. The average Bonchev–Trinajstić information content (AvgIpc) is 2.69. The van der Waals surface area contributed by atoms with Gasteiger partial charge >= 0.3 is 0 Å². The SMILES string of the molecule is CC1=NC(N)=CCC1c1cc(N2CCOCC2)nc(N2CCOCC2)c1. The third-order valence-electron chi connectivity index (χ3n) is 5.27. The zero-order valence-corrected chi connectivity index (χ0v) is 15.4. The molecule has 1 atom stereocenters. The summed E-state index contributed by atoms with van der Waals surface area (Å²) >= 11 is 0. The zero-order valence-electron chi connectivity index (χ0n) is 15.4. The molecular formula is C19H27N5O2. The van der Waals surface area contributed by atoms with Gasteiger partial charge in [-0.15, -0.1) is 0 Å². The number of aromatic nitrogens is 1. The first-order valence-electron chi connectivity index (χ1n) is 9.39. The summed E-state index contributed by atoms with van der Waals surface area (Å²) in [4.78, 5) is 14.1. The van der Waals surface area contributed by atoms with Crippen LogP contribution in [0.15, 0.2) is 29.0 Å². The van der Waals surface area contributed by atoms with Crippen LogP contribution in [0, 0.1) is 0 Å². The molecule has 3 aliphatic heterocycles. The van der Waals surface area contributed by atoms with E-state index in [0.29, 0.717) is 5.82 Å². The first-order valence-corrected chi connectivity index (χ1v) is 9.39. The molecule has 2 N–H and O–H groups in total. The predicted molar refractivity (Wildman–Crippen MR) is 103 cm³/mol. The van der Waals surface area contributed by atoms with Crippen molar-refractivity contribution in [3.05, 3.63) is 29.6 Å². The average molecular weight is 357 g/mol. The highest BCUT2D eigenvalue weighted by molar-refractivity contribution is 5.91. The lowest BCUT2D eigenvalue weighted by Gasteiger charge is -2.32. The second-order valence-electron chi connectivity index (χ2n) is 6.99. The Kier molecular flexibility index (Phi) is 5.08. The molecule has 7 nitrogen and oxygen atoms in total. The van der Waals surface area contributed by atoms with Crippen LogP contribution in [0.4, 0.5) is 11.6 Å². The van der Waals surface area contributed by atoms with Gasteiger partial charge in [-0.2, -0.15) is 0 Å². The molecule has 1 unspecified atom stereocenters. The van der Waals surface area contributed by atoms with Crippen LogP contribution in [-0.4, -0.2) is 63.3 Å². The third-order valence-corrected chi connectivity index (χ3v) is 5.27. The molecule has 0 radical (unpaired) electrons. The Morgan fingerprint density at radius 2 is 1.50 bits per heavy atom. The number of hydrogen-bond acceptors (Lipinski definition) is 7. The molecule has 0 spiro atoms. The standard InChI is InChI=1S/C19H27N5O2/c1-14-16(2-3-17(20)21-14)15-12-18(23-4-8-25-9-5-23)22-19(13-15)24-6-10-26-11-7-24/h3,12-13,16H,2,4-11,20H2,1H3. The highest BCUT2D eigenvalue weighted by Gasteiger charge is 2.23. The highest BCUT2D eigenvalue weighted by atomic mass is 16.5. The number of allylic oxidation sites excluding steroid dienone is 1. The van der Waals surface area contributed by atoms with E-state index in [4.69, 9.17) is 20.2 Å². The maximum absolute atomic E-state index is 5.88. The summed E-state index contributed by atoms with van der Waals surface area (Å²) in [6.07, 6.45) is 2.90. The van der Waals surface area contributed by atoms with E-state index in [1.807, 2.05) is 6.08 Å². The summed E-state index contributed by atoms with van der Waals surface area (Å²) in [7, 11) is 0. The van der Waals surface area contributed by atoms with Gasteiger partial charge in [-0.3, -0.25) is 0 Å². The number of pyridine rings is 1. The van der Waals surface area contributed by atoms with Gasteiger partial charge in [0, 0.05) is 37.8 Å². The topological polar surface area (TPSA) is 76.2 Å². The Morgan fingerprint density at radius 3 is 2.00 bits per heavy atom. The number of morpholine rings is 2. The van der Waals surface area contributed by atoms with Crippen molar-refractivity contribution >= 4 is 17.3 Å². The van der Waals surface area contributed by atoms with Gasteiger partial charge in [0.1, 0.15) is 17.5 Å². The molecule has 4 rings (SSSR count). The normalized spacial score (nSPS) is 24.3. The monoisotopic (exact) mass is 357 g/mol. The van der Waals surface area contributed by atoms with Crippen molar-refractivity contribution in [3.8, 4) is 0 Å². The number of nitrogens with zero attached hydrogens (tertiary/aromatic N) is 4. The molecular weight excluding hydrogens is 330 g/mol. The van der Waals surface area contributed by atoms with Crippen LogP contribution >= 0.6 is 0 Å². The molecule has 1 aromatic heterocycles. The van der Waals surface area contributed by atoms with Crippen molar-refractivity contribution in [1.29, 1.82) is 0 Å². The van der Waals surface area contributed by atoms with E-state index in [2.05, 4.69) is 33.8 Å². The molecule has 7 heteroatoms. The van der Waals surface area contributed by atoms with Crippen molar-refractivity contribution in [2.75, 3.05) is 62.4 Å². The first kappa shape index (κ1) is 17.3. The zero-order chi connectivity index (χ0) is 17.9. The second-order valence-corrected chi connectivity index (χ2v) is 6.99. The molecule has 3 aliphatic rings. The van der Waals surface area contributed by atoms with E-state index in [1.165, 1.54) is 5.56 Å². The van der Waals surface area contributed by atoms with Crippen molar-refractivity contribution < 1.29 is 9.47 Å². The Morgan fingerprint density at radius 1 is 0.962 bits per heavy atom. The van der Waals surface area contributed by atoms with E-state index in [1.54, 1.807) is 0 Å².